The second-order valence-corrected chi connectivity index (χ2v) is 7.32. The van der Waals surface area contributed by atoms with Gasteiger partial charge in [-0.1, -0.05) is 12.1 Å². The fourth-order valence-corrected chi connectivity index (χ4v) is 3.39. The third-order valence-electron chi connectivity index (χ3n) is 5.12. The normalized spacial score (nSPS) is 21.3. The van der Waals surface area contributed by atoms with Crippen LogP contribution in [0.3, 0.4) is 0 Å². The molecule has 8 nitrogen and oxygen atoms in total. The van der Waals surface area contributed by atoms with E-state index in [0.717, 1.165) is 36.7 Å². The zero-order valence-corrected chi connectivity index (χ0v) is 15.9. The molecule has 1 aliphatic carbocycles. The van der Waals surface area contributed by atoms with Crippen molar-refractivity contribution in [1.82, 2.24) is 26.1 Å². The third kappa shape index (κ3) is 4.57. The topological polar surface area (TPSA) is 107 Å². The summed E-state index contributed by atoms with van der Waals surface area (Å²) in [5.74, 6) is 2.40. The van der Waals surface area contributed by atoms with Crippen molar-refractivity contribution in [1.29, 1.82) is 5.26 Å². The van der Waals surface area contributed by atoms with E-state index in [0.29, 0.717) is 11.5 Å². The Kier molecular flexibility index (Phi) is 5.67. The second kappa shape index (κ2) is 8.52. The third-order valence-corrected chi connectivity index (χ3v) is 5.12. The molecule has 28 heavy (non-hydrogen) atoms. The van der Waals surface area contributed by atoms with E-state index >= 15 is 0 Å². The molecule has 0 radical (unpaired) electrons. The number of nitrogens with zero attached hydrogens (tertiary/aromatic N) is 3. The SMILES string of the molecule is COc1cc(CNCC2CC2)ccc1C1CC(Nc2cnc(C#N)cn2)NN1. The molecule has 0 bridgehead atoms. The predicted molar refractivity (Wildman–Crippen MR) is 105 cm³/mol. The molecule has 1 aliphatic heterocycles. The summed E-state index contributed by atoms with van der Waals surface area (Å²) in [7, 11) is 1.71. The molecule has 2 heterocycles. The lowest BCUT2D eigenvalue weighted by Gasteiger charge is -2.16. The Hall–Kier alpha value is -2.73. The Morgan fingerprint density at radius 2 is 2.14 bits per heavy atom. The lowest BCUT2D eigenvalue weighted by Crippen LogP contribution is -2.36. The minimum atomic E-state index is -0.00294. The van der Waals surface area contributed by atoms with Crippen LogP contribution in [-0.2, 0) is 6.54 Å². The van der Waals surface area contributed by atoms with Crippen LogP contribution < -0.4 is 26.2 Å². The molecular formula is C20H25N7O. The first-order valence-electron chi connectivity index (χ1n) is 9.62. The summed E-state index contributed by atoms with van der Waals surface area (Å²) < 4.78 is 5.65. The molecule has 8 heteroatoms. The van der Waals surface area contributed by atoms with Crippen molar-refractivity contribution in [3.05, 3.63) is 47.4 Å². The molecule has 0 spiro atoms. The van der Waals surface area contributed by atoms with Crippen LogP contribution in [0.4, 0.5) is 5.82 Å². The zero-order chi connectivity index (χ0) is 19.3. The maximum absolute atomic E-state index is 8.81. The Bertz CT molecular complexity index is 845. The summed E-state index contributed by atoms with van der Waals surface area (Å²) in [6.07, 6.45) is 6.56. The number of nitrogens with one attached hydrogen (secondary N) is 4. The van der Waals surface area contributed by atoms with Gasteiger partial charge in [-0.05, 0) is 36.9 Å². The first-order valence-corrected chi connectivity index (χ1v) is 9.62. The van der Waals surface area contributed by atoms with Crippen molar-refractivity contribution in [2.24, 2.45) is 5.92 Å². The summed E-state index contributed by atoms with van der Waals surface area (Å²) in [4.78, 5) is 8.24. The Balaban J connectivity index is 1.36. The van der Waals surface area contributed by atoms with E-state index in [1.54, 1.807) is 13.3 Å². The number of hydrazine groups is 1. The highest BCUT2D eigenvalue weighted by Crippen LogP contribution is 2.31. The van der Waals surface area contributed by atoms with E-state index in [1.807, 2.05) is 6.07 Å². The van der Waals surface area contributed by atoms with E-state index in [2.05, 4.69) is 49.7 Å². The van der Waals surface area contributed by atoms with Crippen LogP contribution in [0.15, 0.2) is 30.6 Å². The van der Waals surface area contributed by atoms with Crippen LogP contribution in [0.2, 0.25) is 0 Å². The van der Waals surface area contributed by atoms with Crippen LogP contribution >= 0.6 is 0 Å². The average molecular weight is 379 g/mol. The summed E-state index contributed by atoms with van der Waals surface area (Å²) in [5, 5.41) is 15.6. The Morgan fingerprint density at radius 3 is 2.86 bits per heavy atom. The fraction of sp³-hybridized carbons (Fsp3) is 0.450. The highest BCUT2D eigenvalue weighted by molar-refractivity contribution is 5.41. The van der Waals surface area contributed by atoms with Crippen molar-refractivity contribution in [3.8, 4) is 11.8 Å². The molecule has 4 rings (SSSR count). The molecule has 2 unspecified atom stereocenters. The van der Waals surface area contributed by atoms with E-state index in [-0.39, 0.29) is 12.2 Å². The smallest absolute Gasteiger partial charge is 0.158 e. The van der Waals surface area contributed by atoms with Gasteiger partial charge in [0.2, 0.25) is 0 Å². The average Bonchev–Trinajstić information content (AvgIpc) is 3.45. The number of anilines is 1. The number of ether oxygens (including phenoxy) is 1. The van der Waals surface area contributed by atoms with Gasteiger partial charge in [-0.2, -0.15) is 5.26 Å². The van der Waals surface area contributed by atoms with Crippen molar-refractivity contribution < 1.29 is 4.74 Å². The van der Waals surface area contributed by atoms with Crippen LogP contribution in [-0.4, -0.2) is 29.8 Å². The zero-order valence-electron chi connectivity index (χ0n) is 15.9. The van der Waals surface area contributed by atoms with Crippen molar-refractivity contribution in [3.63, 3.8) is 0 Å². The number of nitriles is 1. The van der Waals surface area contributed by atoms with Crippen LogP contribution in [0.25, 0.3) is 0 Å². The molecular weight excluding hydrogens is 354 g/mol. The molecule has 2 aromatic rings. The van der Waals surface area contributed by atoms with E-state index < -0.39 is 0 Å². The van der Waals surface area contributed by atoms with Gasteiger partial charge in [0.15, 0.2) is 5.69 Å². The highest BCUT2D eigenvalue weighted by atomic mass is 16.5. The summed E-state index contributed by atoms with van der Waals surface area (Å²) in [5.41, 5.74) is 9.21. The standard InChI is InChI=1S/C20H25N7O/c1-28-18-6-14(10-22-9-13-2-3-13)4-5-16(18)17-7-19(27-26-17)25-20-12-23-15(8-21)11-24-20/h4-6,11-13,17,19,22,26-27H,2-3,7,9-10H2,1H3,(H,24,25). The van der Waals surface area contributed by atoms with E-state index in [9.17, 15) is 0 Å². The molecule has 4 N–H and O–H groups in total. The number of methoxy groups -OCH3 is 1. The van der Waals surface area contributed by atoms with Gasteiger partial charge in [0.25, 0.3) is 0 Å². The molecule has 0 amide bonds. The fourth-order valence-electron chi connectivity index (χ4n) is 3.39. The molecule has 2 fully saturated rings. The summed E-state index contributed by atoms with van der Waals surface area (Å²) in [6, 6.07) is 8.49. The lowest BCUT2D eigenvalue weighted by atomic mass is 10.0. The number of hydrogen-bond acceptors (Lipinski definition) is 8. The van der Waals surface area contributed by atoms with Crippen LogP contribution in [0.1, 0.15) is 42.1 Å². The lowest BCUT2D eigenvalue weighted by molar-refractivity contribution is 0.401. The maximum atomic E-state index is 8.81. The van der Waals surface area contributed by atoms with Gasteiger partial charge in [0, 0.05) is 18.5 Å². The van der Waals surface area contributed by atoms with Gasteiger partial charge in [-0.15, -0.1) is 0 Å². The minimum absolute atomic E-state index is 0.00294. The monoisotopic (exact) mass is 379 g/mol. The molecule has 1 saturated carbocycles. The Labute approximate surface area is 164 Å². The van der Waals surface area contributed by atoms with Gasteiger partial charge in [-0.25, -0.2) is 20.8 Å². The maximum Gasteiger partial charge on any atom is 0.158 e. The van der Waals surface area contributed by atoms with Gasteiger partial charge in [0.05, 0.1) is 31.7 Å². The van der Waals surface area contributed by atoms with Gasteiger partial charge >= 0.3 is 0 Å². The quantitative estimate of drug-likeness (QED) is 0.550. The number of aromatic nitrogens is 2. The first kappa shape index (κ1) is 18.6. The van der Waals surface area contributed by atoms with Crippen molar-refractivity contribution >= 4 is 5.82 Å². The second-order valence-electron chi connectivity index (χ2n) is 7.32. The van der Waals surface area contributed by atoms with Crippen molar-refractivity contribution in [2.45, 2.75) is 38.0 Å². The largest absolute Gasteiger partial charge is 0.496 e. The van der Waals surface area contributed by atoms with Gasteiger partial charge in [0.1, 0.15) is 17.6 Å². The van der Waals surface area contributed by atoms with Crippen LogP contribution in [0.5, 0.6) is 5.75 Å². The molecule has 1 aromatic heterocycles. The molecule has 146 valence electrons. The van der Waals surface area contributed by atoms with Gasteiger partial charge in [-0.3, -0.25) is 0 Å². The van der Waals surface area contributed by atoms with E-state index in [4.69, 9.17) is 10.00 Å². The number of benzene rings is 1. The van der Waals surface area contributed by atoms with Gasteiger partial charge < -0.3 is 15.4 Å². The molecule has 2 aliphatic rings. The molecule has 1 aromatic carbocycles. The summed E-state index contributed by atoms with van der Waals surface area (Å²) in [6.45, 7) is 1.97. The molecule has 1 saturated heterocycles. The Morgan fingerprint density at radius 1 is 1.25 bits per heavy atom. The number of hydrogen-bond donors (Lipinski definition) is 4. The minimum Gasteiger partial charge on any atom is -0.496 e. The van der Waals surface area contributed by atoms with Crippen LogP contribution in [0, 0.1) is 17.2 Å². The summed E-state index contributed by atoms with van der Waals surface area (Å²) >= 11 is 0. The predicted octanol–water partition coefficient (Wildman–Crippen LogP) is 1.83. The highest BCUT2D eigenvalue weighted by Gasteiger charge is 2.27. The van der Waals surface area contributed by atoms with E-state index in [1.165, 1.54) is 24.6 Å². The van der Waals surface area contributed by atoms with Crippen molar-refractivity contribution in [2.75, 3.05) is 19.0 Å². The first-order chi connectivity index (χ1) is 13.7. The molecule has 2 atom stereocenters. The number of rotatable bonds is 8.